The summed E-state index contributed by atoms with van der Waals surface area (Å²) in [7, 11) is 2.00. The number of ether oxygens (including phenoxy) is 1. The number of carboxylic acid groups (broad SMARTS) is 1. The Morgan fingerprint density at radius 3 is 2.46 bits per heavy atom. The number of nitrogens with zero attached hydrogens (tertiary/aromatic N) is 1. The number of aliphatic carboxylic acids is 1. The van der Waals surface area contributed by atoms with E-state index in [9.17, 15) is 4.79 Å². The third-order valence-electron chi connectivity index (χ3n) is 2.61. The Hall–Kier alpha value is -0.610. The first-order valence-electron chi connectivity index (χ1n) is 4.66. The van der Waals surface area contributed by atoms with Crippen LogP contribution in [0.5, 0.6) is 0 Å². The second-order valence-electron chi connectivity index (χ2n) is 3.54. The molecule has 1 fully saturated rings. The minimum atomic E-state index is -0.915. The molecule has 0 radical (unpaired) electrons. The van der Waals surface area contributed by atoms with Gasteiger partial charge in [-0.05, 0) is 26.8 Å². The van der Waals surface area contributed by atoms with Gasteiger partial charge in [-0.3, -0.25) is 0 Å². The number of rotatable bonds is 3. The summed E-state index contributed by atoms with van der Waals surface area (Å²) in [5.74, 6) is -0.817. The first kappa shape index (κ1) is 10.5. The van der Waals surface area contributed by atoms with Crippen molar-refractivity contribution in [2.75, 3.05) is 26.7 Å². The van der Waals surface area contributed by atoms with Crippen LogP contribution in [0.15, 0.2) is 0 Å². The molecule has 1 aliphatic rings. The van der Waals surface area contributed by atoms with Crippen molar-refractivity contribution >= 4 is 5.97 Å². The van der Waals surface area contributed by atoms with Gasteiger partial charge >= 0.3 is 5.97 Å². The fourth-order valence-electron chi connectivity index (χ4n) is 1.68. The Morgan fingerprint density at radius 2 is 2.08 bits per heavy atom. The number of carboxylic acids is 1. The number of hydrogen-bond donors (Lipinski definition) is 1. The molecule has 1 N–H and O–H groups in total. The van der Waals surface area contributed by atoms with Gasteiger partial charge in [-0.25, -0.2) is 4.79 Å². The summed E-state index contributed by atoms with van der Waals surface area (Å²) in [4.78, 5) is 13.2. The molecule has 76 valence electrons. The quantitative estimate of drug-likeness (QED) is 0.702. The molecule has 0 unspecified atom stereocenters. The maximum Gasteiger partial charge on any atom is 0.336 e. The van der Waals surface area contributed by atoms with Crippen LogP contribution in [0.25, 0.3) is 0 Å². The molecule has 4 nitrogen and oxygen atoms in total. The molecule has 1 saturated heterocycles. The van der Waals surface area contributed by atoms with Crippen molar-refractivity contribution in [1.29, 1.82) is 0 Å². The van der Waals surface area contributed by atoms with Crippen LogP contribution in [0.1, 0.15) is 19.8 Å². The highest BCUT2D eigenvalue weighted by Crippen LogP contribution is 2.25. The predicted molar refractivity (Wildman–Crippen MR) is 48.7 cm³/mol. The van der Waals surface area contributed by atoms with Crippen LogP contribution in [-0.2, 0) is 9.53 Å². The molecule has 1 aliphatic heterocycles. The minimum Gasteiger partial charge on any atom is -0.479 e. The summed E-state index contributed by atoms with van der Waals surface area (Å²) in [6.45, 7) is 3.90. The number of carbonyl (C=O) groups is 1. The van der Waals surface area contributed by atoms with Gasteiger partial charge in [0, 0.05) is 19.7 Å². The van der Waals surface area contributed by atoms with Crippen LogP contribution in [0, 0.1) is 0 Å². The van der Waals surface area contributed by atoms with E-state index < -0.39 is 11.6 Å². The highest BCUT2D eigenvalue weighted by molar-refractivity contribution is 5.77. The van der Waals surface area contributed by atoms with Crippen molar-refractivity contribution in [1.82, 2.24) is 4.90 Å². The van der Waals surface area contributed by atoms with Gasteiger partial charge in [-0.1, -0.05) is 0 Å². The van der Waals surface area contributed by atoms with Crippen molar-refractivity contribution in [3.8, 4) is 0 Å². The number of hydrogen-bond acceptors (Lipinski definition) is 3. The lowest BCUT2D eigenvalue weighted by atomic mass is 9.91. The van der Waals surface area contributed by atoms with Crippen LogP contribution < -0.4 is 0 Å². The molecule has 0 aromatic rings. The zero-order valence-electron chi connectivity index (χ0n) is 8.25. The summed E-state index contributed by atoms with van der Waals surface area (Å²) >= 11 is 0. The Morgan fingerprint density at radius 1 is 1.54 bits per heavy atom. The summed E-state index contributed by atoms with van der Waals surface area (Å²) in [6, 6.07) is 0. The smallest absolute Gasteiger partial charge is 0.336 e. The van der Waals surface area contributed by atoms with E-state index in [4.69, 9.17) is 9.84 Å². The Labute approximate surface area is 78.5 Å². The predicted octanol–water partition coefficient (Wildman–Crippen LogP) is 0.572. The fourth-order valence-corrected chi connectivity index (χ4v) is 1.68. The molecule has 0 spiro atoms. The van der Waals surface area contributed by atoms with E-state index >= 15 is 0 Å². The molecule has 0 aliphatic carbocycles. The van der Waals surface area contributed by atoms with Crippen LogP contribution in [0.2, 0.25) is 0 Å². The third-order valence-corrected chi connectivity index (χ3v) is 2.61. The van der Waals surface area contributed by atoms with Gasteiger partial charge in [0.2, 0.25) is 0 Å². The van der Waals surface area contributed by atoms with Crippen LogP contribution >= 0.6 is 0 Å². The van der Waals surface area contributed by atoms with Gasteiger partial charge in [-0.2, -0.15) is 0 Å². The Kier molecular flexibility index (Phi) is 3.27. The van der Waals surface area contributed by atoms with Crippen LogP contribution in [-0.4, -0.2) is 48.3 Å². The molecular weight excluding hydrogens is 170 g/mol. The maximum atomic E-state index is 11.0. The highest BCUT2D eigenvalue weighted by Gasteiger charge is 2.41. The molecule has 0 saturated carbocycles. The van der Waals surface area contributed by atoms with Crippen molar-refractivity contribution in [2.24, 2.45) is 0 Å². The molecule has 0 amide bonds. The molecule has 1 heterocycles. The lowest BCUT2D eigenvalue weighted by molar-refractivity contribution is -0.171. The van der Waals surface area contributed by atoms with Crippen LogP contribution in [0.3, 0.4) is 0 Å². The molecule has 4 heteroatoms. The SMILES string of the molecule is CCOC1(C(=O)O)CCN(C)CC1. The molecule has 1 rings (SSSR count). The van der Waals surface area contributed by atoms with Gasteiger partial charge in [0.15, 0.2) is 5.60 Å². The normalized spacial score (nSPS) is 22.9. The number of likely N-dealkylation sites (tertiary alicyclic amines) is 1. The van der Waals surface area contributed by atoms with E-state index in [0.29, 0.717) is 19.4 Å². The standard InChI is InChI=1S/C9H17NO3/c1-3-13-9(8(11)12)4-6-10(2)7-5-9/h3-7H2,1-2H3,(H,11,12). The third kappa shape index (κ3) is 2.19. The van der Waals surface area contributed by atoms with E-state index in [1.165, 1.54) is 0 Å². The zero-order chi connectivity index (χ0) is 9.90. The summed E-state index contributed by atoms with van der Waals surface area (Å²) < 4.78 is 5.35. The average molecular weight is 187 g/mol. The minimum absolute atomic E-state index is 0.468. The van der Waals surface area contributed by atoms with Gasteiger partial charge in [-0.15, -0.1) is 0 Å². The lowest BCUT2D eigenvalue weighted by Crippen LogP contribution is -2.50. The lowest BCUT2D eigenvalue weighted by Gasteiger charge is -2.36. The zero-order valence-corrected chi connectivity index (χ0v) is 8.25. The van der Waals surface area contributed by atoms with E-state index in [1.54, 1.807) is 0 Å². The topological polar surface area (TPSA) is 49.8 Å². The van der Waals surface area contributed by atoms with Gasteiger partial charge < -0.3 is 14.7 Å². The van der Waals surface area contributed by atoms with Crippen molar-refractivity contribution < 1.29 is 14.6 Å². The van der Waals surface area contributed by atoms with E-state index in [-0.39, 0.29) is 0 Å². The van der Waals surface area contributed by atoms with Crippen molar-refractivity contribution in [3.05, 3.63) is 0 Å². The monoisotopic (exact) mass is 187 g/mol. The molecule has 0 bridgehead atoms. The van der Waals surface area contributed by atoms with Gasteiger partial charge in [0.05, 0.1) is 0 Å². The van der Waals surface area contributed by atoms with Gasteiger partial charge in [0.25, 0.3) is 0 Å². The van der Waals surface area contributed by atoms with Crippen molar-refractivity contribution in [3.63, 3.8) is 0 Å². The Balaban J connectivity index is 2.63. The molecule has 0 aromatic heterocycles. The highest BCUT2D eigenvalue weighted by atomic mass is 16.5. The second-order valence-corrected chi connectivity index (χ2v) is 3.54. The Bertz CT molecular complexity index is 185. The van der Waals surface area contributed by atoms with Crippen molar-refractivity contribution in [2.45, 2.75) is 25.4 Å². The van der Waals surface area contributed by atoms with E-state index in [1.807, 2.05) is 14.0 Å². The molecule has 13 heavy (non-hydrogen) atoms. The van der Waals surface area contributed by atoms with Gasteiger partial charge in [0.1, 0.15) is 0 Å². The number of piperidine rings is 1. The summed E-state index contributed by atoms with van der Waals surface area (Å²) in [6.07, 6.45) is 1.18. The first-order chi connectivity index (χ1) is 6.10. The molecule has 0 atom stereocenters. The largest absolute Gasteiger partial charge is 0.479 e. The fraction of sp³-hybridized carbons (Fsp3) is 0.889. The molecule has 0 aromatic carbocycles. The van der Waals surface area contributed by atoms with E-state index in [2.05, 4.69) is 4.90 Å². The average Bonchev–Trinajstić information content (AvgIpc) is 2.09. The van der Waals surface area contributed by atoms with E-state index in [0.717, 1.165) is 13.1 Å². The second kappa shape index (κ2) is 4.07. The summed E-state index contributed by atoms with van der Waals surface area (Å²) in [5, 5.41) is 9.06. The van der Waals surface area contributed by atoms with Crippen LogP contribution in [0.4, 0.5) is 0 Å². The summed E-state index contributed by atoms with van der Waals surface area (Å²) in [5.41, 5.74) is -0.915. The molecular formula is C9H17NO3. The maximum absolute atomic E-state index is 11.0. The first-order valence-corrected chi connectivity index (χ1v) is 4.66.